The van der Waals surface area contributed by atoms with E-state index in [2.05, 4.69) is 127 Å². The van der Waals surface area contributed by atoms with Crippen LogP contribution in [0.5, 0.6) is 0 Å². The minimum Gasteiger partial charge on any atom is -0.353 e. The van der Waals surface area contributed by atoms with E-state index in [0.29, 0.717) is 5.92 Å². The molecule has 3 aromatic rings. The molecule has 208 valence electrons. The van der Waals surface area contributed by atoms with Gasteiger partial charge in [0.2, 0.25) is 0 Å². The highest BCUT2D eigenvalue weighted by Gasteiger charge is 2.49. The number of rotatable bonds is 17. The minimum atomic E-state index is -0.145. The van der Waals surface area contributed by atoms with Gasteiger partial charge in [-0.1, -0.05) is 156 Å². The lowest BCUT2D eigenvalue weighted by molar-refractivity contribution is -0.00767. The summed E-state index contributed by atoms with van der Waals surface area (Å²) in [6, 6.07) is 33.4. The normalized spacial score (nSPS) is 17.6. The van der Waals surface area contributed by atoms with Crippen LogP contribution in [0.25, 0.3) is 0 Å². The molecule has 4 rings (SSSR count). The summed E-state index contributed by atoms with van der Waals surface area (Å²) >= 11 is 0. The summed E-state index contributed by atoms with van der Waals surface area (Å²) in [7, 11) is 0. The summed E-state index contributed by atoms with van der Waals surface area (Å²) in [5, 5.41) is 0. The fourth-order valence-corrected chi connectivity index (χ4v) is 6.55. The molecule has 2 atom stereocenters. The molecule has 0 radical (unpaired) electrons. The Morgan fingerprint density at radius 1 is 0.564 bits per heavy atom. The molecule has 2 heteroatoms. The monoisotopic (exact) mass is 522 g/mol. The molecular formula is C37H50N2. The fraction of sp³-hybridized carbons (Fsp3) is 0.459. The first-order valence-electron chi connectivity index (χ1n) is 15.6. The molecule has 0 spiro atoms. The van der Waals surface area contributed by atoms with Gasteiger partial charge in [0.05, 0.1) is 0 Å². The Hall–Kier alpha value is -3.00. The van der Waals surface area contributed by atoms with Crippen LogP contribution in [0.4, 0.5) is 0 Å². The van der Waals surface area contributed by atoms with Gasteiger partial charge in [-0.3, -0.25) is 0 Å². The molecule has 1 aliphatic rings. The van der Waals surface area contributed by atoms with Gasteiger partial charge in [0.15, 0.2) is 0 Å². The zero-order valence-electron chi connectivity index (χ0n) is 24.5. The van der Waals surface area contributed by atoms with Crippen molar-refractivity contribution >= 4 is 0 Å². The molecular weight excluding hydrogens is 472 g/mol. The van der Waals surface area contributed by atoms with E-state index >= 15 is 0 Å². The Bertz CT molecular complexity index is 1080. The molecule has 0 aliphatic carbocycles. The molecule has 39 heavy (non-hydrogen) atoms. The van der Waals surface area contributed by atoms with Gasteiger partial charge in [-0.15, -0.1) is 0 Å². The quantitative estimate of drug-likeness (QED) is 0.163. The lowest BCUT2D eigenvalue weighted by atomic mass is 9.78. The maximum absolute atomic E-state index is 2.71. The first kappa shape index (κ1) is 29.0. The van der Waals surface area contributed by atoms with Gasteiger partial charge in [-0.25, -0.2) is 0 Å². The van der Waals surface area contributed by atoms with Gasteiger partial charge in [-0.05, 0) is 29.5 Å². The van der Waals surface area contributed by atoms with Crippen LogP contribution >= 0.6 is 0 Å². The predicted octanol–water partition coefficient (Wildman–Crippen LogP) is 9.94. The number of nitrogens with zero attached hydrogens (tertiary/aromatic N) is 2. The first-order valence-corrected chi connectivity index (χ1v) is 15.6. The van der Waals surface area contributed by atoms with E-state index in [9.17, 15) is 0 Å². The Morgan fingerprint density at radius 2 is 1.08 bits per heavy atom. The van der Waals surface area contributed by atoms with Crippen LogP contribution in [0.3, 0.4) is 0 Å². The van der Waals surface area contributed by atoms with Gasteiger partial charge in [0.1, 0.15) is 5.66 Å². The van der Waals surface area contributed by atoms with Crippen molar-refractivity contribution in [2.45, 2.75) is 103 Å². The molecule has 1 heterocycles. The topological polar surface area (TPSA) is 6.48 Å². The Morgan fingerprint density at radius 3 is 1.67 bits per heavy atom. The molecule has 0 amide bonds. The molecule has 0 N–H and O–H groups in total. The second-order valence-corrected chi connectivity index (χ2v) is 11.3. The van der Waals surface area contributed by atoms with Crippen molar-refractivity contribution < 1.29 is 0 Å². The maximum atomic E-state index is 2.71. The average Bonchev–Trinajstić information content (AvgIpc) is 3.30. The van der Waals surface area contributed by atoms with Crippen molar-refractivity contribution in [2.24, 2.45) is 0 Å². The molecule has 2 unspecified atom stereocenters. The lowest BCUT2D eigenvalue weighted by Crippen LogP contribution is -2.59. The van der Waals surface area contributed by atoms with Crippen molar-refractivity contribution in [2.75, 3.05) is 6.54 Å². The Balaban J connectivity index is 1.58. The fourth-order valence-electron chi connectivity index (χ4n) is 6.55. The summed E-state index contributed by atoms with van der Waals surface area (Å²) < 4.78 is 0. The minimum absolute atomic E-state index is 0.145. The van der Waals surface area contributed by atoms with Crippen molar-refractivity contribution in [3.05, 3.63) is 120 Å². The molecule has 0 aromatic heterocycles. The van der Waals surface area contributed by atoms with E-state index in [-0.39, 0.29) is 5.66 Å². The third-order valence-electron chi connectivity index (χ3n) is 8.59. The van der Waals surface area contributed by atoms with Crippen LogP contribution in [0, 0.1) is 0 Å². The third kappa shape index (κ3) is 7.78. The first-order chi connectivity index (χ1) is 19.3. The third-order valence-corrected chi connectivity index (χ3v) is 8.59. The zero-order valence-corrected chi connectivity index (χ0v) is 24.5. The van der Waals surface area contributed by atoms with Crippen LogP contribution in [0.2, 0.25) is 0 Å². The highest BCUT2D eigenvalue weighted by atomic mass is 15.4. The van der Waals surface area contributed by atoms with Gasteiger partial charge in [-0.2, -0.15) is 0 Å². The summed E-state index contributed by atoms with van der Waals surface area (Å²) in [6.07, 6.45) is 19.1. The molecule has 2 nitrogen and oxygen atoms in total. The van der Waals surface area contributed by atoms with Gasteiger partial charge in [0, 0.05) is 37.8 Å². The number of hydrogen-bond acceptors (Lipinski definition) is 2. The zero-order chi connectivity index (χ0) is 27.2. The van der Waals surface area contributed by atoms with Crippen LogP contribution < -0.4 is 0 Å². The summed E-state index contributed by atoms with van der Waals surface area (Å²) in [4.78, 5) is 5.37. The standard InChI is InChI=1S/C37H50N2/c1-3-5-6-7-8-9-10-11-21-28-38-29-30-39(32-34-24-17-13-18-25-34)37(38,31-33-22-15-12-16-23-33)36(4-2)35-26-19-14-20-27-35/h12-20,22-27,29-30,36H,3-11,21,28,31-32H2,1-2H3. The molecule has 0 saturated carbocycles. The average molecular weight is 523 g/mol. The summed E-state index contributed by atoms with van der Waals surface area (Å²) in [5.41, 5.74) is 4.07. The highest BCUT2D eigenvalue weighted by Crippen LogP contribution is 2.45. The number of benzene rings is 3. The largest absolute Gasteiger partial charge is 0.353 e. The van der Waals surface area contributed by atoms with Gasteiger partial charge in [0.25, 0.3) is 0 Å². The van der Waals surface area contributed by atoms with Crippen LogP contribution in [0.15, 0.2) is 103 Å². The van der Waals surface area contributed by atoms with E-state index in [1.165, 1.54) is 74.5 Å². The van der Waals surface area contributed by atoms with E-state index in [0.717, 1.165) is 25.9 Å². The molecule has 0 fully saturated rings. The SMILES string of the molecule is CCCCCCCCCCCN1C=CN(Cc2ccccc2)C1(Cc1ccccc1)C(CC)c1ccccc1. The Kier molecular flexibility index (Phi) is 11.6. The van der Waals surface area contributed by atoms with Gasteiger partial charge < -0.3 is 9.80 Å². The molecule has 0 saturated heterocycles. The van der Waals surface area contributed by atoms with E-state index < -0.39 is 0 Å². The van der Waals surface area contributed by atoms with Crippen LogP contribution in [-0.2, 0) is 13.0 Å². The second kappa shape index (κ2) is 15.6. The van der Waals surface area contributed by atoms with Gasteiger partial charge >= 0.3 is 0 Å². The van der Waals surface area contributed by atoms with Crippen molar-refractivity contribution in [1.29, 1.82) is 0 Å². The predicted molar refractivity (Wildman–Crippen MR) is 167 cm³/mol. The van der Waals surface area contributed by atoms with E-state index in [4.69, 9.17) is 0 Å². The summed E-state index contributed by atoms with van der Waals surface area (Å²) in [6.45, 7) is 6.70. The second-order valence-electron chi connectivity index (χ2n) is 11.3. The van der Waals surface area contributed by atoms with Crippen molar-refractivity contribution in [3.8, 4) is 0 Å². The maximum Gasteiger partial charge on any atom is 0.123 e. The molecule has 0 bridgehead atoms. The summed E-state index contributed by atoms with van der Waals surface area (Å²) in [5.74, 6) is 0.385. The van der Waals surface area contributed by atoms with E-state index in [1.54, 1.807) is 0 Å². The Labute approximate surface area is 238 Å². The molecule has 1 aliphatic heterocycles. The molecule has 3 aromatic carbocycles. The smallest absolute Gasteiger partial charge is 0.123 e. The van der Waals surface area contributed by atoms with Crippen molar-refractivity contribution in [1.82, 2.24) is 9.80 Å². The lowest BCUT2D eigenvalue weighted by Gasteiger charge is -2.51. The van der Waals surface area contributed by atoms with Crippen LogP contribution in [-0.4, -0.2) is 22.0 Å². The number of hydrogen-bond donors (Lipinski definition) is 0. The van der Waals surface area contributed by atoms with E-state index in [1.807, 2.05) is 0 Å². The van der Waals surface area contributed by atoms with Crippen LogP contribution in [0.1, 0.15) is 101 Å². The highest BCUT2D eigenvalue weighted by molar-refractivity contribution is 5.31. The number of unbranched alkanes of at least 4 members (excludes halogenated alkanes) is 8. The van der Waals surface area contributed by atoms with Crippen molar-refractivity contribution in [3.63, 3.8) is 0 Å².